The zero-order valence-corrected chi connectivity index (χ0v) is 12.7. The molecule has 0 unspecified atom stereocenters. The summed E-state index contributed by atoms with van der Waals surface area (Å²) >= 11 is 7.08. The quantitative estimate of drug-likeness (QED) is 0.871. The molecule has 1 aromatic heterocycles. The number of ether oxygens (including phenoxy) is 1. The summed E-state index contributed by atoms with van der Waals surface area (Å²) in [7, 11) is 1.30. The molecule has 7 heteroatoms. The van der Waals surface area contributed by atoms with Crippen LogP contribution in [-0.4, -0.2) is 24.1 Å². The number of hydrogen-bond donors (Lipinski definition) is 1. The standard InChI is InChI=1S/C14H12ClFN2O2S/c1-20-13(19)11-12(15)18-14(21-11)17-10-6-9(10)7-2-4-8(16)5-3-7/h2-5,9-10H,6H2,1H3,(H,17,18)/t9-,10+/m0/s1. The van der Waals surface area contributed by atoms with Gasteiger partial charge in [0.25, 0.3) is 0 Å². The van der Waals surface area contributed by atoms with E-state index in [-0.39, 0.29) is 17.0 Å². The molecule has 1 N–H and O–H groups in total. The van der Waals surface area contributed by atoms with E-state index in [0.717, 1.165) is 12.0 Å². The van der Waals surface area contributed by atoms with Crippen LogP contribution < -0.4 is 5.32 Å². The first-order valence-electron chi connectivity index (χ1n) is 6.35. The number of thiazole rings is 1. The second kappa shape index (κ2) is 5.61. The molecule has 4 nitrogen and oxygen atoms in total. The number of anilines is 1. The summed E-state index contributed by atoms with van der Waals surface area (Å²) in [6.45, 7) is 0. The first-order valence-corrected chi connectivity index (χ1v) is 7.54. The van der Waals surface area contributed by atoms with Crippen LogP contribution in [0.2, 0.25) is 5.15 Å². The zero-order chi connectivity index (χ0) is 15.0. The summed E-state index contributed by atoms with van der Waals surface area (Å²) in [6, 6.07) is 6.72. The van der Waals surface area contributed by atoms with Crippen molar-refractivity contribution in [3.63, 3.8) is 0 Å². The molecule has 1 heterocycles. The van der Waals surface area contributed by atoms with E-state index in [2.05, 4.69) is 15.0 Å². The average molecular weight is 327 g/mol. The van der Waals surface area contributed by atoms with Gasteiger partial charge in [0, 0.05) is 12.0 Å². The molecule has 0 saturated heterocycles. The number of rotatable bonds is 4. The smallest absolute Gasteiger partial charge is 0.351 e. The molecule has 110 valence electrons. The second-order valence-corrected chi connectivity index (χ2v) is 6.13. The molecule has 21 heavy (non-hydrogen) atoms. The normalized spacial score (nSPS) is 20.1. The highest BCUT2D eigenvalue weighted by Crippen LogP contribution is 2.43. The molecule has 1 fully saturated rings. The van der Waals surface area contributed by atoms with E-state index in [1.807, 2.05) is 0 Å². The summed E-state index contributed by atoms with van der Waals surface area (Å²) in [5.41, 5.74) is 1.09. The Hall–Kier alpha value is -1.66. The Morgan fingerprint density at radius 3 is 2.86 bits per heavy atom. The Labute approximate surface area is 129 Å². The van der Waals surface area contributed by atoms with Gasteiger partial charge in [-0.1, -0.05) is 35.1 Å². The molecule has 2 aromatic rings. The SMILES string of the molecule is COC(=O)c1sc(N[C@@H]2C[C@H]2c2ccc(F)cc2)nc1Cl. The van der Waals surface area contributed by atoms with Gasteiger partial charge < -0.3 is 10.1 Å². The van der Waals surface area contributed by atoms with E-state index >= 15 is 0 Å². The van der Waals surface area contributed by atoms with Crippen molar-refractivity contribution in [2.24, 2.45) is 0 Å². The molecule has 1 aliphatic rings. The Kier molecular flexibility index (Phi) is 3.82. The van der Waals surface area contributed by atoms with E-state index in [4.69, 9.17) is 11.6 Å². The maximum Gasteiger partial charge on any atom is 0.351 e. The van der Waals surface area contributed by atoms with Gasteiger partial charge in [-0.2, -0.15) is 0 Å². The third-order valence-corrected chi connectivity index (χ3v) is 4.71. The highest BCUT2D eigenvalue weighted by Gasteiger charge is 2.39. The number of carbonyl (C=O) groups is 1. The van der Waals surface area contributed by atoms with E-state index in [0.29, 0.717) is 15.9 Å². The molecule has 2 atom stereocenters. The van der Waals surface area contributed by atoms with Crippen molar-refractivity contribution in [3.05, 3.63) is 45.7 Å². The zero-order valence-electron chi connectivity index (χ0n) is 11.1. The first-order chi connectivity index (χ1) is 10.1. The van der Waals surface area contributed by atoms with E-state index < -0.39 is 5.97 Å². The van der Waals surface area contributed by atoms with Crippen LogP contribution in [0.15, 0.2) is 24.3 Å². The van der Waals surface area contributed by atoms with Gasteiger partial charge in [-0.3, -0.25) is 0 Å². The number of nitrogens with zero attached hydrogens (tertiary/aromatic N) is 1. The third-order valence-electron chi connectivity index (χ3n) is 3.35. The molecular formula is C14H12ClFN2O2S. The Balaban J connectivity index is 1.66. The fourth-order valence-electron chi connectivity index (χ4n) is 2.17. The predicted octanol–water partition coefficient (Wildman–Crippen LogP) is 3.69. The van der Waals surface area contributed by atoms with Crippen molar-refractivity contribution in [2.75, 3.05) is 12.4 Å². The van der Waals surface area contributed by atoms with Crippen LogP contribution in [0.3, 0.4) is 0 Å². The van der Waals surface area contributed by atoms with Gasteiger partial charge in [0.1, 0.15) is 5.82 Å². The van der Waals surface area contributed by atoms with Crippen LogP contribution in [0, 0.1) is 5.82 Å². The van der Waals surface area contributed by atoms with Gasteiger partial charge in [-0.25, -0.2) is 14.2 Å². The van der Waals surface area contributed by atoms with Crippen molar-refractivity contribution in [3.8, 4) is 0 Å². The molecular weight excluding hydrogens is 315 g/mol. The number of nitrogens with one attached hydrogen (secondary N) is 1. The number of aromatic nitrogens is 1. The van der Waals surface area contributed by atoms with Gasteiger partial charge >= 0.3 is 5.97 Å². The van der Waals surface area contributed by atoms with Crippen molar-refractivity contribution in [1.82, 2.24) is 4.98 Å². The van der Waals surface area contributed by atoms with Crippen molar-refractivity contribution < 1.29 is 13.9 Å². The minimum Gasteiger partial charge on any atom is -0.465 e. The van der Waals surface area contributed by atoms with Gasteiger partial charge in [-0.05, 0) is 24.1 Å². The van der Waals surface area contributed by atoms with Gasteiger partial charge in [0.05, 0.1) is 7.11 Å². The molecule has 0 aliphatic heterocycles. The maximum absolute atomic E-state index is 12.9. The second-order valence-electron chi connectivity index (χ2n) is 4.78. The van der Waals surface area contributed by atoms with Crippen LogP contribution in [-0.2, 0) is 4.74 Å². The Bertz CT molecular complexity index is 674. The Morgan fingerprint density at radius 1 is 1.48 bits per heavy atom. The highest BCUT2D eigenvalue weighted by atomic mass is 35.5. The minimum atomic E-state index is -0.489. The molecule has 0 spiro atoms. The lowest BCUT2D eigenvalue weighted by molar-refractivity contribution is 0.0606. The third kappa shape index (κ3) is 3.01. The van der Waals surface area contributed by atoms with Crippen LogP contribution in [0.1, 0.15) is 27.6 Å². The summed E-state index contributed by atoms with van der Waals surface area (Å²) in [5, 5.41) is 3.98. The largest absolute Gasteiger partial charge is 0.465 e. The predicted molar refractivity (Wildman–Crippen MR) is 79.6 cm³/mol. The average Bonchev–Trinajstić information content (AvgIpc) is 3.13. The lowest BCUT2D eigenvalue weighted by atomic mass is 10.1. The summed E-state index contributed by atoms with van der Waals surface area (Å²) < 4.78 is 17.5. The van der Waals surface area contributed by atoms with Crippen LogP contribution in [0.4, 0.5) is 9.52 Å². The molecule has 3 rings (SSSR count). The number of carbonyl (C=O) groups excluding carboxylic acids is 1. The van der Waals surface area contributed by atoms with Crippen molar-refractivity contribution in [2.45, 2.75) is 18.4 Å². The lowest BCUT2D eigenvalue weighted by Gasteiger charge is -2.02. The topological polar surface area (TPSA) is 51.2 Å². The highest BCUT2D eigenvalue weighted by molar-refractivity contribution is 7.18. The Morgan fingerprint density at radius 2 is 2.19 bits per heavy atom. The van der Waals surface area contributed by atoms with Gasteiger partial charge in [0.2, 0.25) is 0 Å². The summed E-state index contributed by atoms with van der Waals surface area (Å²) in [6.07, 6.45) is 0.941. The molecule has 1 saturated carbocycles. The molecule has 1 aromatic carbocycles. The summed E-state index contributed by atoms with van der Waals surface area (Å²) in [5.74, 6) is -0.399. The summed E-state index contributed by atoms with van der Waals surface area (Å²) in [4.78, 5) is 15.9. The molecule has 0 amide bonds. The number of methoxy groups -OCH3 is 1. The molecule has 0 radical (unpaired) electrons. The fourth-order valence-corrected chi connectivity index (χ4v) is 3.34. The number of halogens is 2. The van der Waals surface area contributed by atoms with Gasteiger partial charge in [0.15, 0.2) is 15.2 Å². The van der Waals surface area contributed by atoms with E-state index in [1.165, 1.54) is 30.6 Å². The van der Waals surface area contributed by atoms with Crippen molar-refractivity contribution in [1.29, 1.82) is 0 Å². The lowest BCUT2D eigenvalue weighted by Crippen LogP contribution is -2.03. The molecule has 0 bridgehead atoms. The van der Waals surface area contributed by atoms with Gasteiger partial charge in [-0.15, -0.1) is 0 Å². The van der Waals surface area contributed by atoms with E-state index in [1.54, 1.807) is 12.1 Å². The molecule has 1 aliphatic carbocycles. The van der Waals surface area contributed by atoms with Crippen LogP contribution >= 0.6 is 22.9 Å². The minimum absolute atomic E-state index is 0.147. The van der Waals surface area contributed by atoms with Crippen LogP contribution in [0.5, 0.6) is 0 Å². The number of benzene rings is 1. The van der Waals surface area contributed by atoms with Crippen molar-refractivity contribution >= 4 is 34.0 Å². The van der Waals surface area contributed by atoms with E-state index in [9.17, 15) is 9.18 Å². The first kappa shape index (κ1) is 14.3. The number of hydrogen-bond acceptors (Lipinski definition) is 5. The van der Waals surface area contributed by atoms with Crippen LogP contribution in [0.25, 0.3) is 0 Å². The fraction of sp³-hybridized carbons (Fsp3) is 0.286. The number of esters is 1. The maximum atomic E-state index is 12.9. The monoisotopic (exact) mass is 326 g/mol.